The molecule has 2 aromatic rings. The van der Waals surface area contributed by atoms with Crippen LogP contribution in [0.4, 0.5) is 5.69 Å². The molecule has 1 aromatic carbocycles. The van der Waals surface area contributed by atoms with Crippen LogP contribution in [0.5, 0.6) is 0 Å². The van der Waals surface area contributed by atoms with E-state index >= 15 is 0 Å². The molecule has 0 bridgehead atoms. The lowest BCUT2D eigenvalue weighted by Gasteiger charge is -2.18. The van der Waals surface area contributed by atoms with E-state index in [1.54, 1.807) is 0 Å². The minimum atomic E-state index is -0.0303. The summed E-state index contributed by atoms with van der Waals surface area (Å²) >= 11 is 0. The number of hydrogen-bond acceptors (Lipinski definition) is 5. The molecule has 0 radical (unpaired) electrons. The van der Waals surface area contributed by atoms with E-state index in [1.807, 2.05) is 45.0 Å². The summed E-state index contributed by atoms with van der Waals surface area (Å²) in [5.74, 6) is 1.33. The fourth-order valence-corrected chi connectivity index (χ4v) is 2.23. The molecule has 124 valence electrons. The molecule has 1 amide bonds. The maximum absolute atomic E-state index is 11.4. The third-order valence-corrected chi connectivity index (χ3v) is 3.69. The first-order valence-corrected chi connectivity index (χ1v) is 8.01. The van der Waals surface area contributed by atoms with Gasteiger partial charge in [-0.2, -0.15) is 4.98 Å². The molecule has 0 aliphatic heterocycles. The van der Waals surface area contributed by atoms with Gasteiger partial charge in [-0.1, -0.05) is 31.1 Å². The maximum atomic E-state index is 11.4. The number of amides is 1. The maximum Gasteiger partial charge on any atom is 0.243 e. The second-order valence-corrected chi connectivity index (χ2v) is 5.54. The number of carbonyl (C=O) groups excluding carboxylic acids is 1. The van der Waals surface area contributed by atoms with Gasteiger partial charge in [-0.3, -0.25) is 10.1 Å². The van der Waals surface area contributed by atoms with Gasteiger partial charge in [0.05, 0.1) is 6.04 Å². The molecule has 2 N–H and O–H groups in total. The van der Waals surface area contributed by atoms with Crippen molar-refractivity contribution in [3.63, 3.8) is 0 Å². The Morgan fingerprint density at radius 2 is 1.87 bits per heavy atom. The van der Waals surface area contributed by atoms with E-state index in [0.29, 0.717) is 12.3 Å². The summed E-state index contributed by atoms with van der Waals surface area (Å²) in [5, 5.41) is 10.2. The van der Waals surface area contributed by atoms with Crippen molar-refractivity contribution in [3.05, 3.63) is 41.5 Å². The van der Waals surface area contributed by atoms with E-state index in [4.69, 9.17) is 4.52 Å². The number of rotatable bonds is 7. The summed E-state index contributed by atoms with van der Waals surface area (Å²) in [5.41, 5.74) is 1.94. The smallest absolute Gasteiger partial charge is 0.243 e. The number of hydrogen-bond donors (Lipinski definition) is 2. The van der Waals surface area contributed by atoms with Crippen LogP contribution in [0.1, 0.15) is 63.5 Å². The molecule has 0 aliphatic rings. The fourth-order valence-electron chi connectivity index (χ4n) is 2.23. The average molecular weight is 316 g/mol. The number of nitrogens with one attached hydrogen (secondary N) is 2. The molecule has 0 fully saturated rings. The minimum Gasteiger partial charge on any atom is -0.338 e. The van der Waals surface area contributed by atoms with E-state index in [0.717, 1.165) is 23.5 Å². The van der Waals surface area contributed by atoms with Crippen LogP contribution in [0.2, 0.25) is 0 Å². The van der Waals surface area contributed by atoms with Gasteiger partial charge in [-0.15, -0.1) is 0 Å². The molecule has 6 heteroatoms. The highest BCUT2D eigenvalue weighted by Gasteiger charge is 2.16. The minimum absolute atomic E-state index is 0.0145. The molecule has 0 saturated heterocycles. The van der Waals surface area contributed by atoms with Gasteiger partial charge in [0.2, 0.25) is 11.8 Å². The normalized spacial score (nSPS) is 13.6. The van der Waals surface area contributed by atoms with Crippen LogP contribution >= 0.6 is 0 Å². The molecule has 2 rings (SSSR count). The topological polar surface area (TPSA) is 80.0 Å². The van der Waals surface area contributed by atoms with Gasteiger partial charge in [0.15, 0.2) is 5.82 Å². The van der Waals surface area contributed by atoms with Gasteiger partial charge in [-0.05, 0) is 31.5 Å². The molecular weight excluding hydrogens is 292 g/mol. The van der Waals surface area contributed by atoms with E-state index < -0.39 is 0 Å². The van der Waals surface area contributed by atoms with Crippen LogP contribution < -0.4 is 10.6 Å². The van der Waals surface area contributed by atoms with Crippen LogP contribution in [0.15, 0.2) is 28.8 Å². The zero-order chi connectivity index (χ0) is 16.8. The number of carbonyl (C=O) groups is 1. The predicted molar refractivity (Wildman–Crippen MR) is 89.0 cm³/mol. The molecular formula is C17H24N4O2. The van der Waals surface area contributed by atoms with Gasteiger partial charge >= 0.3 is 0 Å². The third kappa shape index (κ3) is 4.63. The number of aromatic nitrogens is 2. The van der Waals surface area contributed by atoms with Crippen molar-refractivity contribution in [1.82, 2.24) is 15.5 Å². The van der Waals surface area contributed by atoms with Gasteiger partial charge in [0.25, 0.3) is 0 Å². The van der Waals surface area contributed by atoms with Gasteiger partial charge in [0.1, 0.15) is 0 Å². The first-order chi connectivity index (χ1) is 11.0. The summed E-state index contributed by atoms with van der Waals surface area (Å²) in [4.78, 5) is 15.7. The highest BCUT2D eigenvalue weighted by molar-refractivity contribution is 5.90. The summed E-state index contributed by atoms with van der Waals surface area (Å²) < 4.78 is 5.26. The zero-order valence-electron chi connectivity index (χ0n) is 14.1. The van der Waals surface area contributed by atoms with Crippen LogP contribution in [0.3, 0.4) is 0 Å². The highest BCUT2D eigenvalue weighted by atomic mass is 16.5. The van der Waals surface area contributed by atoms with Crippen molar-refractivity contribution in [2.24, 2.45) is 0 Å². The van der Waals surface area contributed by atoms with Crippen molar-refractivity contribution >= 4 is 11.6 Å². The first kappa shape index (κ1) is 17.1. The Balaban J connectivity index is 1.96. The van der Waals surface area contributed by atoms with E-state index in [1.165, 1.54) is 0 Å². The average Bonchev–Trinajstić information content (AvgIpc) is 3.04. The van der Waals surface area contributed by atoms with Crippen molar-refractivity contribution in [2.45, 2.75) is 52.6 Å². The van der Waals surface area contributed by atoms with Crippen molar-refractivity contribution < 1.29 is 9.32 Å². The Morgan fingerprint density at radius 1 is 1.17 bits per heavy atom. The van der Waals surface area contributed by atoms with Crippen molar-refractivity contribution in [3.8, 4) is 0 Å². The molecule has 1 heterocycles. The van der Waals surface area contributed by atoms with Crippen LogP contribution in [0, 0.1) is 0 Å². The molecule has 0 spiro atoms. The lowest BCUT2D eigenvalue weighted by atomic mass is 10.1. The Labute approximate surface area is 136 Å². The van der Waals surface area contributed by atoms with E-state index in [-0.39, 0.29) is 18.0 Å². The number of benzene rings is 1. The lowest BCUT2D eigenvalue weighted by molar-refractivity contribution is -0.115. The number of nitrogens with zero attached hydrogens (tertiary/aromatic N) is 2. The molecule has 23 heavy (non-hydrogen) atoms. The monoisotopic (exact) mass is 316 g/mol. The van der Waals surface area contributed by atoms with E-state index in [2.05, 4.69) is 27.7 Å². The Kier molecular flexibility index (Phi) is 5.87. The molecule has 0 unspecified atom stereocenters. The SMILES string of the molecule is CCC(=O)Nc1ccc([C@H](C)N[C@H](C)c2nc(CC)no2)cc1. The number of anilines is 1. The zero-order valence-corrected chi connectivity index (χ0v) is 14.1. The van der Waals surface area contributed by atoms with Gasteiger partial charge in [0, 0.05) is 24.6 Å². The van der Waals surface area contributed by atoms with E-state index in [9.17, 15) is 4.79 Å². The summed E-state index contributed by atoms with van der Waals surface area (Å²) in [7, 11) is 0. The van der Waals surface area contributed by atoms with Gasteiger partial charge < -0.3 is 9.84 Å². The summed E-state index contributed by atoms with van der Waals surface area (Å²) in [6.07, 6.45) is 1.23. The number of aryl methyl sites for hydroxylation is 1. The standard InChI is InChI=1S/C17H24N4O2/c1-5-15-20-17(23-21-15)12(4)18-11(3)13-7-9-14(10-8-13)19-16(22)6-2/h7-12,18H,5-6H2,1-4H3,(H,19,22)/t11-,12+/m0/s1. The van der Waals surface area contributed by atoms with Gasteiger partial charge in [-0.25, -0.2) is 0 Å². The fraction of sp³-hybridized carbons (Fsp3) is 0.471. The highest BCUT2D eigenvalue weighted by Crippen LogP contribution is 2.20. The molecule has 1 aromatic heterocycles. The molecule has 6 nitrogen and oxygen atoms in total. The molecule has 2 atom stereocenters. The second kappa shape index (κ2) is 7.87. The summed E-state index contributed by atoms with van der Waals surface area (Å²) in [6.45, 7) is 7.90. The molecule has 0 aliphatic carbocycles. The van der Waals surface area contributed by atoms with Crippen LogP contribution in [0.25, 0.3) is 0 Å². The predicted octanol–water partition coefficient (Wildman–Crippen LogP) is 3.39. The Hall–Kier alpha value is -2.21. The lowest BCUT2D eigenvalue weighted by Crippen LogP contribution is -2.22. The second-order valence-electron chi connectivity index (χ2n) is 5.54. The third-order valence-electron chi connectivity index (χ3n) is 3.69. The Morgan fingerprint density at radius 3 is 2.43 bits per heavy atom. The Bertz CT molecular complexity index is 636. The largest absolute Gasteiger partial charge is 0.338 e. The quantitative estimate of drug-likeness (QED) is 0.818. The van der Waals surface area contributed by atoms with Crippen LogP contribution in [-0.2, 0) is 11.2 Å². The van der Waals surface area contributed by atoms with Crippen molar-refractivity contribution in [2.75, 3.05) is 5.32 Å². The summed E-state index contributed by atoms with van der Waals surface area (Å²) in [6, 6.07) is 7.92. The molecule has 0 saturated carbocycles. The van der Waals surface area contributed by atoms with Crippen LogP contribution in [-0.4, -0.2) is 16.0 Å². The van der Waals surface area contributed by atoms with Crippen molar-refractivity contribution in [1.29, 1.82) is 0 Å². The first-order valence-electron chi connectivity index (χ1n) is 8.01.